The zero-order chi connectivity index (χ0) is 10.7. The molecular formula is C11H13N3O. The highest BCUT2D eigenvalue weighted by molar-refractivity contribution is 5.82. The SMILES string of the molecule is CNCc1ncnc2ccc(OC)cc12. The van der Waals surface area contributed by atoms with Gasteiger partial charge in [0.25, 0.3) is 0 Å². The van der Waals surface area contributed by atoms with E-state index >= 15 is 0 Å². The van der Waals surface area contributed by atoms with Gasteiger partial charge in [0, 0.05) is 11.9 Å². The number of benzene rings is 1. The Morgan fingerprint density at radius 2 is 2.20 bits per heavy atom. The van der Waals surface area contributed by atoms with Crippen molar-refractivity contribution in [2.45, 2.75) is 6.54 Å². The number of methoxy groups -OCH3 is 1. The van der Waals surface area contributed by atoms with Crippen LogP contribution in [-0.4, -0.2) is 24.1 Å². The minimum Gasteiger partial charge on any atom is -0.497 e. The van der Waals surface area contributed by atoms with E-state index in [1.165, 1.54) is 0 Å². The Labute approximate surface area is 88.3 Å². The second-order valence-corrected chi connectivity index (χ2v) is 3.23. The Bertz CT molecular complexity index is 470. The van der Waals surface area contributed by atoms with Crippen LogP contribution in [0.1, 0.15) is 5.69 Å². The fourth-order valence-electron chi connectivity index (χ4n) is 1.52. The maximum atomic E-state index is 5.18. The van der Waals surface area contributed by atoms with E-state index in [0.717, 1.165) is 28.9 Å². The van der Waals surface area contributed by atoms with Crippen LogP contribution in [0, 0.1) is 0 Å². The molecule has 0 bridgehead atoms. The minimum atomic E-state index is 0.728. The quantitative estimate of drug-likeness (QED) is 0.818. The van der Waals surface area contributed by atoms with Crippen molar-refractivity contribution in [2.24, 2.45) is 0 Å². The van der Waals surface area contributed by atoms with Crippen molar-refractivity contribution in [3.8, 4) is 5.75 Å². The van der Waals surface area contributed by atoms with E-state index in [-0.39, 0.29) is 0 Å². The Balaban J connectivity index is 2.59. The summed E-state index contributed by atoms with van der Waals surface area (Å²) >= 11 is 0. The van der Waals surface area contributed by atoms with Crippen LogP contribution in [0.4, 0.5) is 0 Å². The lowest BCUT2D eigenvalue weighted by Gasteiger charge is -2.05. The summed E-state index contributed by atoms with van der Waals surface area (Å²) in [7, 11) is 3.55. The first-order valence-corrected chi connectivity index (χ1v) is 4.77. The molecule has 0 spiro atoms. The molecule has 15 heavy (non-hydrogen) atoms. The molecule has 1 heterocycles. The largest absolute Gasteiger partial charge is 0.497 e. The van der Waals surface area contributed by atoms with Crippen LogP contribution in [0.25, 0.3) is 10.9 Å². The van der Waals surface area contributed by atoms with Gasteiger partial charge in [-0.3, -0.25) is 0 Å². The fraction of sp³-hybridized carbons (Fsp3) is 0.273. The van der Waals surface area contributed by atoms with Crippen molar-refractivity contribution in [3.05, 3.63) is 30.2 Å². The highest BCUT2D eigenvalue weighted by Gasteiger charge is 2.03. The van der Waals surface area contributed by atoms with Gasteiger partial charge >= 0.3 is 0 Å². The zero-order valence-corrected chi connectivity index (χ0v) is 8.82. The van der Waals surface area contributed by atoms with Gasteiger partial charge in [0.05, 0.1) is 18.3 Å². The number of nitrogens with zero attached hydrogens (tertiary/aromatic N) is 2. The van der Waals surface area contributed by atoms with E-state index in [1.807, 2.05) is 25.2 Å². The van der Waals surface area contributed by atoms with Crippen molar-refractivity contribution in [3.63, 3.8) is 0 Å². The van der Waals surface area contributed by atoms with Crippen molar-refractivity contribution in [1.29, 1.82) is 0 Å². The lowest BCUT2D eigenvalue weighted by molar-refractivity contribution is 0.415. The van der Waals surface area contributed by atoms with Gasteiger partial charge in [0.2, 0.25) is 0 Å². The lowest BCUT2D eigenvalue weighted by Crippen LogP contribution is -2.07. The van der Waals surface area contributed by atoms with Crippen LogP contribution >= 0.6 is 0 Å². The molecule has 0 aliphatic heterocycles. The number of ether oxygens (including phenoxy) is 1. The third kappa shape index (κ3) is 1.89. The van der Waals surface area contributed by atoms with E-state index in [1.54, 1.807) is 13.4 Å². The van der Waals surface area contributed by atoms with Crippen LogP contribution in [0.5, 0.6) is 5.75 Å². The molecule has 1 aromatic heterocycles. The highest BCUT2D eigenvalue weighted by atomic mass is 16.5. The number of rotatable bonds is 3. The molecule has 1 N–H and O–H groups in total. The molecule has 4 heteroatoms. The molecule has 4 nitrogen and oxygen atoms in total. The number of hydrogen-bond donors (Lipinski definition) is 1. The van der Waals surface area contributed by atoms with Crippen LogP contribution in [0.3, 0.4) is 0 Å². The van der Waals surface area contributed by atoms with Gasteiger partial charge < -0.3 is 10.1 Å². The summed E-state index contributed by atoms with van der Waals surface area (Å²) in [5.41, 5.74) is 1.93. The first-order valence-electron chi connectivity index (χ1n) is 4.77. The van der Waals surface area contributed by atoms with Crippen molar-refractivity contribution in [1.82, 2.24) is 15.3 Å². The Morgan fingerprint density at radius 3 is 2.93 bits per heavy atom. The predicted octanol–water partition coefficient (Wildman–Crippen LogP) is 1.36. The van der Waals surface area contributed by atoms with Gasteiger partial charge in [-0.2, -0.15) is 0 Å². The molecule has 0 atom stereocenters. The Morgan fingerprint density at radius 1 is 1.33 bits per heavy atom. The minimum absolute atomic E-state index is 0.728. The predicted molar refractivity (Wildman–Crippen MR) is 58.9 cm³/mol. The number of aromatic nitrogens is 2. The van der Waals surface area contributed by atoms with E-state index in [0.29, 0.717) is 0 Å². The highest BCUT2D eigenvalue weighted by Crippen LogP contribution is 2.20. The maximum absolute atomic E-state index is 5.18. The van der Waals surface area contributed by atoms with Gasteiger partial charge in [-0.05, 0) is 25.2 Å². The van der Waals surface area contributed by atoms with E-state index in [2.05, 4.69) is 15.3 Å². The van der Waals surface area contributed by atoms with Crippen molar-refractivity contribution >= 4 is 10.9 Å². The molecule has 1 aromatic carbocycles. The number of hydrogen-bond acceptors (Lipinski definition) is 4. The van der Waals surface area contributed by atoms with Gasteiger partial charge in [0.15, 0.2) is 0 Å². The third-order valence-electron chi connectivity index (χ3n) is 2.27. The van der Waals surface area contributed by atoms with Crippen LogP contribution in [-0.2, 0) is 6.54 Å². The summed E-state index contributed by atoms with van der Waals surface area (Å²) in [6, 6.07) is 5.80. The van der Waals surface area contributed by atoms with Gasteiger partial charge in [-0.25, -0.2) is 9.97 Å². The van der Waals surface area contributed by atoms with E-state index in [4.69, 9.17) is 4.74 Å². The van der Waals surface area contributed by atoms with Crippen molar-refractivity contribution < 1.29 is 4.74 Å². The van der Waals surface area contributed by atoms with Crippen LogP contribution in [0.15, 0.2) is 24.5 Å². The molecule has 0 unspecified atom stereocenters. The smallest absolute Gasteiger partial charge is 0.119 e. The summed E-state index contributed by atoms with van der Waals surface area (Å²) in [6.45, 7) is 0.728. The molecule has 78 valence electrons. The van der Waals surface area contributed by atoms with Crippen molar-refractivity contribution in [2.75, 3.05) is 14.2 Å². The van der Waals surface area contributed by atoms with Gasteiger partial charge in [0.1, 0.15) is 12.1 Å². The molecule has 0 amide bonds. The third-order valence-corrected chi connectivity index (χ3v) is 2.27. The Hall–Kier alpha value is -1.68. The van der Waals surface area contributed by atoms with Crippen LogP contribution < -0.4 is 10.1 Å². The van der Waals surface area contributed by atoms with Crippen LogP contribution in [0.2, 0.25) is 0 Å². The maximum Gasteiger partial charge on any atom is 0.119 e. The Kier molecular flexibility index (Phi) is 2.78. The first kappa shape index (κ1) is 9.86. The molecular weight excluding hydrogens is 190 g/mol. The molecule has 2 rings (SSSR count). The normalized spacial score (nSPS) is 10.5. The number of fused-ring (bicyclic) bond motifs is 1. The molecule has 2 aromatic rings. The zero-order valence-electron chi connectivity index (χ0n) is 8.82. The summed E-state index contributed by atoms with van der Waals surface area (Å²) in [5, 5.41) is 4.12. The molecule has 0 saturated carbocycles. The summed E-state index contributed by atoms with van der Waals surface area (Å²) in [5.74, 6) is 0.828. The first-order chi connectivity index (χ1) is 7.35. The topological polar surface area (TPSA) is 47.0 Å². The van der Waals surface area contributed by atoms with E-state index < -0.39 is 0 Å². The average molecular weight is 203 g/mol. The fourth-order valence-corrected chi connectivity index (χ4v) is 1.52. The average Bonchev–Trinajstić information content (AvgIpc) is 2.29. The second kappa shape index (κ2) is 4.23. The summed E-state index contributed by atoms with van der Waals surface area (Å²) in [4.78, 5) is 8.45. The van der Waals surface area contributed by atoms with Gasteiger partial charge in [-0.15, -0.1) is 0 Å². The molecule has 0 saturated heterocycles. The molecule has 0 radical (unpaired) electrons. The second-order valence-electron chi connectivity index (χ2n) is 3.23. The molecule has 0 aliphatic carbocycles. The molecule has 0 fully saturated rings. The summed E-state index contributed by atoms with van der Waals surface area (Å²) < 4.78 is 5.18. The standard InChI is InChI=1S/C11H13N3O/c1-12-6-11-9-5-8(15-2)3-4-10(9)13-7-14-11/h3-5,7,12H,6H2,1-2H3. The van der Waals surface area contributed by atoms with Gasteiger partial charge in [-0.1, -0.05) is 0 Å². The number of nitrogens with one attached hydrogen (secondary N) is 1. The monoisotopic (exact) mass is 203 g/mol. The lowest BCUT2D eigenvalue weighted by atomic mass is 10.2. The molecule has 0 aliphatic rings. The summed E-state index contributed by atoms with van der Waals surface area (Å²) in [6.07, 6.45) is 1.58. The van der Waals surface area contributed by atoms with E-state index in [9.17, 15) is 0 Å².